The van der Waals surface area contributed by atoms with Crippen molar-refractivity contribution >= 4 is 22.2 Å². The van der Waals surface area contributed by atoms with E-state index >= 15 is 0 Å². The maximum atomic E-state index is 12.2. The molecular weight excluding hydrogens is 310 g/mol. The van der Waals surface area contributed by atoms with Crippen molar-refractivity contribution in [1.29, 1.82) is 0 Å². The van der Waals surface area contributed by atoms with Crippen LogP contribution in [0.25, 0.3) is 0 Å². The summed E-state index contributed by atoms with van der Waals surface area (Å²) >= 11 is 1.51. The molecule has 122 valence electrons. The lowest BCUT2D eigenvalue weighted by molar-refractivity contribution is -0.131. The van der Waals surface area contributed by atoms with Gasteiger partial charge in [0.2, 0.25) is 5.91 Å². The van der Waals surface area contributed by atoms with Gasteiger partial charge in [-0.3, -0.25) is 19.7 Å². The maximum Gasteiger partial charge on any atom is 0.241 e. The first kappa shape index (κ1) is 15.9. The third kappa shape index (κ3) is 4.74. The number of rotatable bonds is 6. The number of hydrogen-bond donors (Lipinski definition) is 1. The Hall–Kier alpha value is -1.99. The quantitative estimate of drug-likeness (QED) is 0.865. The van der Waals surface area contributed by atoms with Crippen LogP contribution in [-0.2, 0) is 11.2 Å². The first-order chi connectivity index (χ1) is 11.3. The van der Waals surface area contributed by atoms with Gasteiger partial charge in [0, 0.05) is 45.1 Å². The fourth-order valence-electron chi connectivity index (χ4n) is 2.64. The van der Waals surface area contributed by atoms with E-state index < -0.39 is 0 Å². The third-order valence-corrected chi connectivity index (χ3v) is 4.77. The van der Waals surface area contributed by atoms with Gasteiger partial charge < -0.3 is 10.2 Å². The fourth-order valence-corrected chi connectivity index (χ4v) is 3.15. The predicted molar refractivity (Wildman–Crippen MR) is 91.6 cm³/mol. The number of carbonyl (C=O) groups excluding carboxylic acids is 1. The highest BCUT2D eigenvalue weighted by Gasteiger charge is 2.20. The van der Waals surface area contributed by atoms with E-state index in [4.69, 9.17) is 0 Å². The van der Waals surface area contributed by atoms with E-state index in [2.05, 4.69) is 32.3 Å². The van der Waals surface area contributed by atoms with Crippen molar-refractivity contribution in [1.82, 2.24) is 19.8 Å². The molecule has 2 aromatic rings. The molecule has 23 heavy (non-hydrogen) atoms. The van der Waals surface area contributed by atoms with Gasteiger partial charge in [-0.25, -0.2) is 0 Å². The lowest BCUT2D eigenvalue weighted by atomic mass is 10.2. The predicted octanol–water partition coefficient (Wildman–Crippen LogP) is 1.34. The van der Waals surface area contributed by atoms with Crippen molar-refractivity contribution in [3.8, 4) is 0 Å². The fraction of sp³-hybridized carbons (Fsp3) is 0.438. The molecule has 0 saturated carbocycles. The Kier molecular flexibility index (Phi) is 5.55. The number of hydrogen-bond acceptors (Lipinski definition) is 6. The Morgan fingerprint density at radius 2 is 1.96 bits per heavy atom. The zero-order valence-corrected chi connectivity index (χ0v) is 13.8. The lowest BCUT2D eigenvalue weighted by Gasteiger charge is -2.34. The number of piperazine rings is 1. The smallest absolute Gasteiger partial charge is 0.241 e. The molecule has 1 aliphatic rings. The number of pyridine rings is 1. The summed E-state index contributed by atoms with van der Waals surface area (Å²) in [5.74, 6) is 0.159. The van der Waals surface area contributed by atoms with E-state index in [9.17, 15) is 4.79 Å². The normalized spacial score (nSPS) is 15.6. The van der Waals surface area contributed by atoms with Gasteiger partial charge in [-0.2, -0.15) is 0 Å². The zero-order valence-electron chi connectivity index (χ0n) is 13.0. The van der Waals surface area contributed by atoms with Gasteiger partial charge in [-0.15, -0.1) is 11.3 Å². The molecule has 0 radical (unpaired) electrons. The summed E-state index contributed by atoms with van der Waals surface area (Å²) in [6, 6.07) is 4.12. The third-order valence-electron chi connectivity index (χ3n) is 4.04. The number of nitrogens with zero attached hydrogens (tertiary/aromatic N) is 4. The first-order valence-electron chi connectivity index (χ1n) is 7.82. The van der Waals surface area contributed by atoms with E-state index in [0.717, 1.165) is 44.1 Å². The van der Waals surface area contributed by atoms with Crippen LogP contribution in [0.15, 0.2) is 36.2 Å². The van der Waals surface area contributed by atoms with Gasteiger partial charge in [0.25, 0.3) is 0 Å². The summed E-state index contributed by atoms with van der Waals surface area (Å²) in [5.41, 5.74) is 3.07. The van der Waals surface area contributed by atoms with Crippen LogP contribution in [0.2, 0.25) is 0 Å². The highest BCUT2D eigenvalue weighted by Crippen LogP contribution is 2.12. The molecule has 0 spiro atoms. The SMILES string of the molecule is O=C(CNc1cncs1)N1CCN(CCc2ccncc2)CC1. The number of carbonyl (C=O) groups is 1. The molecule has 0 unspecified atom stereocenters. The molecule has 2 aromatic heterocycles. The van der Waals surface area contributed by atoms with Crippen LogP contribution in [0.1, 0.15) is 5.56 Å². The summed E-state index contributed by atoms with van der Waals surface area (Å²) < 4.78 is 0. The number of anilines is 1. The van der Waals surface area contributed by atoms with Gasteiger partial charge >= 0.3 is 0 Å². The highest BCUT2D eigenvalue weighted by atomic mass is 32.1. The van der Waals surface area contributed by atoms with Crippen molar-refractivity contribution in [2.75, 3.05) is 44.6 Å². The molecular formula is C16H21N5OS. The first-order valence-corrected chi connectivity index (χ1v) is 8.70. The molecule has 0 atom stereocenters. The Bertz CT molecular complexity index is 596. The number of thiazole rings is 1. The van der Waals surface area contributed by atoms with Crippen molar-refractivity contribution < 1.29 is 4.79 Å². The molecule has 0 aliphatic carbocycles. The van der Waals surface area contributed by atoms with E-state index in [-0.39, 0.29) is 5.91 Å². The molecule has 1 saturated heterocycles. The molecule has 0 aromatic carbocycles. The van der Waals surface area contributed by atoms with E-state index in [0.29, 0.717) is 6.54 Å². The minimum atomic E-state index is 0.159. The second-order valence-corrected chi connectivity index (χ2v) is 6.43. The van der Waals surface area contributed by atoms with Gasteiger partial charge in [-0.05, 0) is 24.1 Å². The molecule has 1 fully saturated rings. The van der Waals surface area contributed by atoms with Gasteiger partial charge in [-0.1, -0.05) is 0 Å². The van der Waals surface area contributed by atoms with Crippen LogP contribution in [0.3, 0.4) is 0 Å². The Balaban J connectivity index is 1.37. The zero-order chi connectivity index (χ0) is 15.9. The van der Waals surface area contributed by atoms with Crippen LogP contribution < -0.4 is 5.32 Å². The van der Waals surface area contributed by atoms with Crippen molar-refractivity contribution in [3.63, 3.8) is 0 Å². The minimum absolute atomic E-state index is 0.159. The monoisotopic (exact) mass is 331 g/mol. The van der Waals surface area contributed by atoms with Crippen LogP contribution in [0, 0.1) is 0 Å². The standard InChI is InChI=1S/C16H21N5OS/c22-16(12-19-15-11-18-13-23-15)21-9-7-20(8-10-21)6-3-14-1-4-17-5-2-14/h1-2,4-5,11,13,19H,3,6-10,12H2. The van der Waals surface area contributed by atoms with E-state index in [1.807, 2.05) is 17.3 Å². The molecule has 1 N–H and O–H groups in total. The van der Waals surface area contributed by atoms with Crippen LogP contribution >= 0.6 is 11.3 Å². The van der Waals surface area contributed by atoms with E-state index in [1.165, 1.54) is 16.9 Å². The largest absolute Gasteiger partial charge is 0.367 e. The number of nitrogens with one attached hydrogen (secondary N) is 1. The maximum absolute atomic E-state index is 12.2. The van der Waals surface area contributed by atoms with Gasteiger partial charge in [0.1, 0.15) is 5.00 Å². The molecule has 0 bridgehead atoms. The van der Waals surface area contributed by atoms with Gasteiger partial charge in [0.05, 0.1) is 18.3 Å². The average Bonchev–Trinajstić information content (AvgIpc) is 3.13. The molecule has 1 aliphatic heterocycles. The van der Waals surface area contributed by atoms with Crippen molar-refractivity contribution in [2.24, 2.45) is 0 Å². The van der Waals surface area contributed by atoms with Crippen molar-refractivity contribution in [3.05, 3.63) is 41.8 Å². The molecule has 7 heteroatoms. The molecule has 6 nitrogen and oxygen atoms in total. The van der Waals surface area contributed by atoms with Gasteiger partial charge in [0.15, 0.2) is 0 Å². The molecule has 3 rings (SSSR count). The Morgan fingerprint density at radius 1 is 1.17 bits per heavy atom. The summed E-state index contributed by atoms with van der Waals surface area (Å²) in [4.78, 5) is 24.6. The second-order valence-electron chi connectivity index (χ2n) is 5.55. The Morgan fingerprint density at radius 3 is 2.65 bits per heavy atom. The van der Waals surface area contributed by atoms with E-state index in [1.54, 1.807) is 11.7 Å². The highest BCUT2D eigenvalue weighted by molar-refractivity contribution is 7.13. The summed E-state index contributed by atoms with van der Waals surface area (Å²) in [6.45, 7) is 4.87. The summed E-state index contributed by atoms with van der Waals surface area (Å²) in [6.07, 6.45) is 6.45. The van der Waals surface area contributed by atoms with Crippen LogP contribution in [0.5, 0.6) is 0 Å². The lowest BCUT2D eigenvalue weighted by Crippen LogP contribution is -2.50. The topological polar surface area (TPSA) is 61.4 Å². The van der Waals surface area contributed by atoms with Crippen LogP contribution in [-0.4, -0.2) is 64.9 Å². The molecule has 1 amide bonds. The number of aromatic nitrogens is 2. The second kappa shape index (κ2) is 8.03. The molecule has 3 heterocycles. The summed E-state index contributed by atoms with van der Waals surface area (Å²) in [5, 5.41) is 4.06. The Labute approximate surface area is 140 Å². The number of amides is 1. The average molecular weight is 331 g/mol. The van der Waals surface area contributed by atoms with Crippen LogP contribution in [0.4, 0.5) is 5.00 Å². The minimum Gasteiger partial charge on any atom is -0.367 e. The summed E-state index contributed by atoms with van der Waals surface area (Å²) in [7, 11) is 0. The van der Waals surface area contributed by atoms with Crippen molar-refractivity contribution in [2.45, 2.75) is 6.42 Å².